The smallest absolute Gasteiger partial charge is 0.411 e. The molecule has 0 amide bonds. The minimum absolute atomic E-state index is 0.0181. The average molecular weight is 1440 g/mol. The van der Waals surface area contributed by atoms with Gasteiger partial charge < -0.3 is 17.7 Å². The number of hydrogen-bond acceptors (Lipinski definition) is 8. The molecule has 15 rings (SSSR count). The lowest BCUT2D eigenvalue weighted by molar-refractivity contribution is -0.290. The van der Waals surface area contributed by atoms with E-state index in [1.165, 1.54) is 24.3 Å². The van der Waals surface area contributed by atoms with Gasteiger partial charge in [0.05, 0.1) is 10.8 Å². The normalized spacial score (nSPS) is 14.3. The van der Waals surface area contributed by atoms with Gasteiger partial charge in [0, 0.05) is 22.0 Å². The van der Waals surface area contributed by atoms with Gasteiger partial charge >= 0.3 is 24.7 Å². The van der Waals surface area contributed by atoms with Gasteiger partial charge in [-0.25, -0.2) is 19.9 Å². The molecule has 0 radical (unpaired) electrons. The van der Waals surface area contributed by atoms with Crippen molar-refractivity contribution in [1.82, 2.24) is 19.9 Å². The molecule has 0 saturated carbocycles. The molecule has 4 heterocycles. The lowest BCUT2D eigenvalue weighted by atomic mass is 9.63. The van der Waals surface area contributed by atoms with Crippen LogP contribution in [0.3, 0.4) is 0 Å². The Labute approximate surface area is 594 Å². The van der Waals surface area contributed by atoms with Crippen molar-refractivity contribution < 1.29 is 70.4 Å². The summed E-state index contributed by atoms with van der Waals surface area (Å²) in [5, 5.41) is 0. The first-order valence-corrected chi connectivity index (χ1v) is 33.8. The molecule has 534 valence electrons. The predicted molar refractivity (Wildman–Crippen MR) is 379 cm³/mol. The maximum Gasteiger partial charge on any atom is 0.411 e. The summed E-state index contributed by atoms with van der Waals surface area (Å²) in [6.07, 6.45) is -23.4. The lowest BCUT2D eigenvalue weighted by Gasteiger charge is -2.41. The summed E-state index contributed by atoms with van der Waals surface area (Å²) in [5.41, 5.74) is -6.05. The van der Waals surface area contributed by atoms with Crippen LogP contribution < -0.4 is 0 Å². The average Bonchev–Trinajstić information content (AvgIpc) is 1.66. The predicted octanol–water partition coefficient (Wildman–Crippen LogP) is 24.3. The SMILES string of the molecule is CC(C)(C)c1ccc(C(c2ccc(-c3nc4cc(C5(c6ccc7oc(C(C)(C)C(C)(C)c8ccc(C(c9ccc(-c%10nc%11ccc(-c%12ccc%13nc(C(C)(C)C)oc%13c%12)cc%11o%10)cc9)(C(F)(F)F)C(F)(F)F)cc8)nc7c6)c6ccccc6-c6ccccc65)ccc4o3)cc2)(C(F)(F)F)C(F)(F)F)cc1. The second-order valence-electron chi connectivity index (χ2n) is 30.2. The summed E-state index contributed by atoms with van der Waals surface area (Å²) in [7, 11) is 0. The maximum atomic E-state index is 15.8. The van der Waals surface area contributed by atoms with E-state index in [1.54, 1.807) is 58.9 Å². The van der Waals surface area contributed by atoms with E-state index in [0.717, 1.165) is 112 Å². The highest BCUT2D eigenvalue weighted by molar-refractivity contribution is 5.90. The number of oxazole rings is 4. The van der Waals surface area contributed by atoms with Crippen LogP contribution in [-0.4, -0.2) is 44.6 Å². The van der Waals surface area contributed by atoms with Gasteiger partial charge in [-0.05, 0) is 156 Å². The van der Waals surface area contributed by atoms with E-state index in [4.69, 9.17) is 27.6 Å². The van der Waals surface area contributed by atoms with E-state index < -0.39 is 79.4 Å². The topological polar surface area (TPSA) is 104 Å². The molecule has 8 nitrogen and oxygen atoms in total. The molecule has 4 aromatic heterocycles. The maximum absolute atomic E-state index is 15.8. The van der Waals surface area contributed by atoms with Crippen molar-refractivity contribution in [3.8, 4) is 45.2 Å². The van der Waals surface area contributed by atoms with Crippen molar-refractivity contribution in [2.75, 3.05) is 0 Å². The number of benzene rings is 10. The Hall–Kier alpha value is -10.8. The molecule has 0 bridgehead atoms. The summed E-state index contributed by atoms with van der Waals surface area (Å²) in [4.78, 5) is 19.0. The molecular weight excluding hydrogens is 1370 g/mol. The summed E-state index contributed by atoms with van der Waals surface area (Å²) in [5.74, 6) is 0.711. The molecule has 20 heteroatoms. The zero-order chi connectivity index (χ0) is 74.8. The zero-order valence-corrected chi connectivity index (χ0v) is 58.2. The van der Waals surface area contributed by atoms with Crippen LogP contribution in [-0.2, 0) is 37.9 Å². The molecular formula is C85H66F12N4O4. The van der Waals surface area contributed by atoms with E-state index in [1.807, 2.05) is 132 Å². The van der Waals surface area contributed by atoms with Crippen molar-refractivity contribution in [2.45, 2.75) is 132 Å². The third-order valence-corrected chi connectivity index (χ3v) is 21.5. The van der Waals surface area contributed by atoms with Crippen molar-refractivity contribution in [2.24, 2.45) is 0 Å². The van der Waals surface area contributed by atoms with Crippen molar-refractivity contribution in [3.05, 3.63) is 286 Å². The van der Waals surface area contributed by atoms with E-state index in [2.05, 4.69) is 9.97 Å². The minimum Gasteiger partial charge on any atom is -0.440 e. The highest BCUT2D eigenvalue weighted by Gasteiger charge is 2.74. The largest absolute Gasteiger partial charge is 0.440 e. The zero-order valence-electron chi connectivity index (χ0n) is 58.2. The first kappa shape index (κ1) is 69.9. The second kappa shape index (κ2) is 23.6. The molecule has 0 saturated heterocycles. The van der Waals surface area contributed by atoms with Crippen molar-refractivity contribution in [1.29, 1.82) is 0 Å². The number of aromatic nitrogens is 4. The third-order valence-electron chi connectivity index (χ3n) is 21.5. The van der Waals surface area contributed by atoms with Crippen LogP contribution >= 0.6 is 0 Å². The summed E-state index contributed by atoms with van der Waals surface area (Å²) in [6.45, 7) is 18.6. The van der Waals surface area contributed by atoms with Gasteiger partial charge in [0.15, 0.2) is 22.3 Å². The van der Waals surface area contributed by atoms with Crippen LogP contribution in [0, 0.1) is 0 Å². The first-order chi connectivity index (χ1) is 49.3. The molecule has 0 N–H and O–H groups in total. The fraction of sp³-hybridized carbons (Fsp3) is 0.247. The van der Waals surface area contributed by atoms with Gasteiger partial charge in [0.1, 0.15) is 22.1 Å². The number of nitrogens with zero attached hydrogens (tertiary/aromatic N) is 4. The molecule has 0 aliphatic heterocycles. The lowest BCUT2D eigenvalue weighted by Crippen LogP contribution is -2.54. The standard InChI is InChI=1S/C85H66F12N4O4/c1-75(2,3)51-29-33-55(34-30-51)80(82(86,87)88,83(89,90)91)53-27-21-48(22-28-53)72-99-65-45-57(37-41-67(65)102-72)79(61-17-13-11-15-59(61)60-16-12-14-18-62(60)79)58-38-42-68-66(46-58)101-74(104-68)78(9,10)77(7,8)52-31-35-56(36-32-52)81(84(92,93)94,85(95,96)97)54-25-19-47(20-26-54)71-98-63-39-23-49(43-69(63)103-71)50-24-40-64-70(44-50)105-73(100-64)76(4,5)6/h11-46H,1-10H3. The van der Waals surface area contributed by atoms with Gasteiger partial charge in [0.2, 0.25) is 34.4 Å². The van der Waals surface area contributed by atoms with E-state index in [0.29, 0.717) is 61.4 Å². The molecule has 1 aliphatic carbocycles. The Balaban J connectivity index is 0.740. The van der Waals surface area contributed by atoms with Crippen molar-refractivity contribution >= 4 is 44.4 Å². The van der Waals surface area contributed by atoms with Crippen molar-refractivity contribution in [3.63, 3.8) is 0 Å². The number of rotatable bonds is 12. The second-order valence-corrected chi connectivity index (χ2v) is 30.2. The molecule has 14 aromatic rings. The fourth-order valence-electron chi connectivity index (χ4n) is 15.1. The molecule has 105 heavy (non-hydrogen) atoms. The van der Waals surface area contributed by atoms with Gasteiger partial charge in [-0.2, -0.15) is 52.7 Å². The molecule has 0 fully saturated rings. The van der Waals surface area contributed by atoms with Crippen LogP contribution in [0.15, 0.2) is 236 Å². The molecule has 1 aliphatic rings. The number of alkyl halides is 12. The summed E-state index contributed by atoms with van der Waals surface area (Å²) in [6, 6.07) is 53.9. The van der Waals surface area contributed by atoms with E-state index in [-0.39, 0.29) is 39.8 Å². The monoisotopic (exact) mass is 1430 g/mol. The van der Waals surface area contributed by atoms with Crippen LogP contribution in [0.2, 0.25) is 0 Å². The Morgan fingerprint density at radius 2 is 0.619 bits per heavy atom. The molecule has 0 unspecified atom stereocenters. The first-order valence-electron chi connectivity index (χ1n) is 33.8. The van der Waals surface area contributed by atoms with Gasteiger partial charge in [0.25, 0.3) is 0 Å². The Morgan fingerprint density at radius 1 is 0.276 bits per heavy atom. The fourth-order valence-corrected chi connectivity index (χ4v) is 15.1. The summed E-state index contributed by atoms with van der Waals surface area (Å²) >= 11 is 0. The van der Waals surface area contributed by atoms with E-state index in [9.17, 15) is 0 Å². The molecule has 10 aromatic carbocycles. The summed E-state index contributed by atoms with van der Waals surface area (Å²) < 4.78 is 212. The van der Waals surface area contributed by atoms with Gasteiger partial charge in [-0.1, -0.05) is 215 Å². The Morgan fingerprint density at radius 3 is 1.06 bits per heavy atom. The molecule has 0 atom stereocenters. The van der Waals surface area contributed by atoms with E-state index >= 15 is 52.7 Å². The van der Waals surface area contributed by atoms with Crippen LogP contribution in [0.4, 0.5) is 52.7 Å². The highest BCUT2D eigenvalue weighted by atomic mass is 19.4. The number of fused-ring (bicyclic) bond motifs is 7. The van der Waals surface area contributed by atoms with Crippen LogP contribution in [0.25, 0.3) is 89.6 Å². The highest BCUT2D eigenvalue weighted by Crippen LogP contribution is 2.61. The Kier molecular flexibility index (Phi) is 15.7. The number of halogens is 12. The third kappa shape index (κ3) is 10.8. The Bertz CT molecular complexity index is 5630. The number of hydrogen-bond donors (Lipinski definition) is 0. The minimum atomic E-state index is -5.89. The van der Waals surface area contributed by atoms with Gasteiger partial charge in [-0.15, -0.1) is 0 Å². The van der Waals surface area contributed by atoms with Crippen LogP contribution in [0.1, 0.15) is 137 Å². The van der Waals surface area contributed by atoms with Gasteiger partial charge in [-0.3, -0.25) is 0 Å². The molecule has 0 spiro atoms. The van der Waals surface area contributed by atoms with Crippen LogP contribution in [0.5, 0.6) is 0 Å². The quantitative estimate of drug-likeness (QED) is 0.111.